The van der Waals surface area contributed by atoms with Crippen LogP contribution in [0.25, 0.3) is 0 Å². The van der Waals surface area contributed by atoms with Crippen LogP contribution < -0.4 is 5.32 Å². The lowest BCUT2D eigenvalue weighted by Crippen LogP contribution is -2.13. The van der Waals surface area contributed by atoms with Gasteiger partial charge in [0.05, 0.1) is 5.56 Å². The Hall–Kier alpha value is -1.33. The van der Waals surface area contributed by atoms with E-state index in [-0.39, 0.29) is 0 Å². The van der Waals surface area contributed by atoms with Crippen LogP contribution in [0, 0.1) is 0 Å². The van der Waals surface area contributed by atoms with Crippen LogP contribution in [-0.4, -0.2) is 0 Å². The number of halogens is 4. The maximum atomic E-state index is 12.4. The van der Waals surface area contributed by atoms with Gasteiger partial charge in [-0.25, -0.2) is 0 Å². The molecule has 0 saturated heterocycles. The fourth-order valence-corrected chi connectivity index (χ4v) is 2.22. The van der Waals surface area contributed by atoms with Gasteiger partial charge in [-0.05, 0) is 29.3 Å². The maximum Gasteiger partial charge on any atom is 0.416 e. The van der Waals surface area contributed by atoms with Gasteiger partial charge in [-0.3, -0.25) is 0 Å². The zero-order valence-electron chi connectivity index (χ0n) is 10.5. The van der Waals surface area contributed by atoms with Crippen LogP contribution >= 0.6 is 15.9 Å². The Bertz CT molecular complexity index is 564. The summed E-state index contributed by atoms with van der Waals surface area (Å²) >= 11 is 3.45. The lowest BCUT2D eigenvalue weighted by atomic mass is 10.1. The standard InChI is InChI=1S/C15H13BrF3N/c16-14-4-2-1-3-12(14)10-20-9-11-5-7-13(8-6-11)15(17,18)19/h1-8,20H,9-10H2. The first kappa shape index (κ1) is 15.1. The smallest absolute Gasteiger partial charge is 0.309 e. The zero-order chi connectivity index (χ0) is 14.6. The van der Waals surface area contributed by atoms with Crippen LogP contribution in [0.2, 0.25) is 0 Å². The molecule has 0 bridgehead atoms. The summed E-state index contributed by atoms with van der Waals surface area (Å²) in [4.78, 5) is 0. The summed E-state index contributed by atoms with van der Waals surface area (Å²) in [6.07, 6.45) is -4.28. The van der Waals surface area contributed by atoms with Gasteiger partial charge in [0.15, 0.2) is 0 Å². The summed E-state index contributed by atoms with van der Waals surface area (Å²) < 4.78 is 38.3. The van der Waals surface area contributed by atoms with Crippen molar-refractivity contribution in [3.63, 3.8) is 0 Å². The molecule has 2 aromatic carbocycles. The van der Waals surface area contributed by atoms with Crippen molar-refractivity contribution in [3.8, 4) is 0 Å². The highest BCUT2D eigenvalue weighted by Crippen LogP contribution is 2.29. The molecule has 0 aliphatic carbocycles. The van der Waals surface area contributed by atoms with E-state index in [4.69, 9.17) is 0 Å². The van der Waals surface area contributed by atoms with Gasteiger partial charge in [-0.15, -0.1) is 0 Å². The van der Waals surface area contributed by atoms with Crippen LogP contribution in [0.15, 0.2) is 53.0 Å². The molecule has 0 unspecified atom stereocenters. The highest BCUT2D eigenvalue weighted by molar-refractivity contribution is 9.10. The van der Waals surface area contributed by atoms with Gasteiger partial charge < -0.3 is 5.32 Å². The Labute approximate surface area is 123 Å². The minimum absolute atomic E-state index is 0.527. The Morgan fingerprint density at radius 1 is 0.900 bits per heavy atom. The third-order valence-electron chi connectivity index (χ3n) is 2.88. The lowest BCUT2D eigenvalue weighted by Gasteiger charge is -2.09. The molecule has 0 fully saturated rings. The molecule has 0 aliphatic rings. The number of hydrogen-bond donors (Lipinski definition) is 1. The molecule has 5 heteroatoms. The van der Waals surface area contributed by atoms with E-state index in [0.717, 1.165) is 27.7 Å². The molecule has 0 atom stereocenters. The van der Waals surface area contributed by atoms with Crippen LogP contribution in [0.5, 0.6) is 0 Å². The average molecular weight is 344 g/mol. The Kier molecular flexibility index (Phi) is 4.83. The summed E-state index contributed by atoms with van der Waals surface area (Å²) in [6, 6.07) is 13.0. The summed E-state index contributed by atoms with van der Waals surface area (Å²) in [6.45, 7) is 1.18. The van der Waals surface area contributed by atoms with Crippen LogP contribution in [0.1, 0.15) is 16.7 Å². The summed E-state index contributed by atoms with van der Waals surface area (Å²) in [5, 5.41) is 3.21. The van der Waals surface area contributed by atoms with E-state index in [1.165, 1.54) is 12.1 Å². The molecular formula is C15H13BrF3N. The molecule has 106 valence electrons. The second-order valence-electron chi connectivity index (χ2n) is 4.39. The third kappa shape index (κ3) is 4.08. The number of benzene rings is 2. The Morgan fingerprint density at radius 3 is 2.15 bits per heavy atom. The summed E-state index contributed by atoms with van der Waals surface area (Å²) in [7, 11) is 0. The van der Waals surface area contributed by atoms with E-state index < -0.39 is 11.7 Å². The predicted octanol–water partition coefficient (Wildman–Crippen LogP) is 4.76. The van der Waals surface area contributed by atoms with Gasteiger partial charge in [-0.2, -0.15) is 13.2 Å². The maximum absolute atomic E-state index is 12.4. The Morgan fingerprint density at radius 2 is 1.55 bits per heavy atom. The van der Waals surface area contributed by atoms with Crippen molar-refractivity contribution in [1.82, 2.24) is 5.32 Å². The van der Waals surface area contributed by atoms with Crippen molar-refractivity contribution < 1.29 is 13.2 Å². The van der Waals surface area contributed by atoms with Crippen LogP contribution in [0.4, 0.5) is 13.2 Å². The minimum Gasteiger partial charge on any atom is -0.309 e. The molecule has 0 amide bonds. The molecule has 0 saturated carbocycles. The normalized spacial score (nSPS) is 11.6. The molecule has 0 spiro atoms. The van der Waals surface area contributed by atoms with Crippen molar-refractivity contribution in [3.05, 3.63) is 69.7 Å². The Balaban J connectivity index is 1.90. The van der Waals surface area contributed by atoms with Gasteiger partial charge in [0.25, 0.3) is 0 Å². The lowest BCUT2D eigenvalue weighted by molar-refractivity contribution is -0.137. The van der Waals surface area contributed by atoms with Crippen molar-refractivity contribution in [1.29, 1.82) is 0 Å². The summed E-state index contributed by atoms with van der Waals surface area (Å²) in [5.41, 5.74) is 1.32. The second kappa shape index (κ2) is 6.41. The van der Waals surface area contributed by atoms with E-state index in [9.17, 15) is 13.2 Å². The molecule has 0 heterocycles. The van der Waals surface area contributed by atoms with Gasteiger partial charge in [0.1, 0.15) is 0 Å². The largest absolute Gasteiger partial charge is 0.416 e. The van der Waals surface area contributed by atoms with Gasteiger partial charge in [0, 0.05) is 17.6 Å². The average Bonchev–Trinajstić information content (AvgIpc) is 2.40. The van der Waals surface area contributed by atoms with E-state index in [1.54, 1.807) is 0 Å². The topological polar surface area (TPSA) is 12.0 Å². The molecule has 1 nitrogen and oxygen atoms in total. The molecular weight excluding hydrogens is 331 g/mol. The van der Waals surface area contributed by atoms with Crippen LogP contribution in [-0.2, 0) is 19.3 Å². The molecule has 2 aromatic rings. The molecule has 0 radical (unpaired) electrons. The SMILES string of the molecule is FC(F)(F)c1ccc(CNCc2ccccc2Br)cc1. The van der Waals surface area contributed by atoms with Gasteiger partial charge in [-0.1, -0.05) is 46.3 Å². The fraction of sp³-hybridized carbons (Fsp3) is 0.200. The van der Waals surface area contributed by atoms with Crippen molar-refractivity contribution in [2.24, 2.45) is 0 Å². The second-order valence-corrected chi connectivity index (χ2v) is 5.24. The third-order valence-corrected chi connectivity index (χ3v) is 3.66. The number of rotatable bonds is 4. The van der Waals surface area contributed by atoms with Crippen molar-refractivity contribution in [2.45, 2.75) is 19.3 Å². The minimum atomic E-state index is -4.28. The van der Waals surface area contributed by atoms with Crippen molar-refractivity contribution >= 4 is 15.9 Å². The van der Waals surface area contributed by atoms with Crippen LogP contribution in [0.3, 0.4) is 0 Å². The monoisotopic (exact) mass is 343 g/mol. The van der Waals surface area contributed by atoms with Gasteiger partial charge in [0.2, 0.25) is 0 Å². The molecule has 1 N–H and O–H groups in total. The van der Waals surface area contributed by atoms with E-state index in [0.29, 0.717) is 13.1 Å². The highest BCUT2D eigenvalue weighted by atomic mass is 79.9. The fourth-order valence-electron chi connectivity index (χ4n) is 1.79. The quantitative estimate of drug-likeness (QED) is 0.843. The van der Waals surface area contributed by atoms with Crippen molar-refractivity contribution in [2.75, 3.05) is 0 Å². The number of nitrogens with one attached hydrogen (secondary N) is 1. The summed E-state index contributed by atoms with van der Waals surface area (Å²) in [5.74, 6) is 0. The zero-order valence-corrected chi connectivity index (χ0v) is 12.1. The molecule has 2 rings (SSSR count). The first-order chi connectivity index (χ1) is 9.47. The number of alkyl halides is 3. The van der Waals surface area contributed by atoms with E-state index in [2.05, 4.69) is 21.2 Å². The van der Waals surface area contributed by atoms with E-state index >= 15 is 0 Å². The first-order valence-electron chi connectivity index (χ1n) is 6.07. The predicted molar refractivity (Wildman–Crippen MR) is 76.1 cm³/mol. The number of hydrogen-bond acceptors (Lipinski definition) is 1. The molecule has 0 aliphatic heterocycles. The molecule has 20 heavy (non-hydrogen) atoms. The van der Waals surface area contributed by atoms with Gasteiger partial charge >= 0.3 is 6.18 Å². The van der Waals surface area contributed by atoms with E-state index in [1.807, 2.05) is 24.3 Å². The highest BCUT2D eigenvalue weighted by Gasteiger charge is 2.29. The first-order valence-corrected chi connectivity index (χ1v) is 6.86. The molecule has 0 aromatic heterocycles.